The van der Waals surface area contributed by atoms with Crippen molar-refractivity contribution in [3.05, 3.63) is 53.5 Å². The van der Waals surface area contributed by atoms with Gasteiger partial charge in [-0.25, -0.2) is 0 Å². The van der Waals surface area contributed by atoms with Gasteiger partial charge in [-0.1, -0.05) is 17.3 Å². The van der Waals surface area contributed by atoms with Crippen molar-refractivity contribution in [1.82, 2.24) is 25.9 Å². The van der Waals surface area contributed by atoms with Crippen LogP contribution in [0.15, 0.2) is 40.8 Å². The number of tetrazole rings is 1. The molecule has 0 aliphatic heterocycles. The second-order valence-electron chi connectivity index (χ2n) is 5.18. The van der Waals surface area contributed by atoms with Crippen LogP contribution in [0, 0.1) is 6.92 Å². The molecule has 23 heavy (non-hydrogen) atoms. The maximum Gasteiger partial charge on any atom is 0.251 e. The Morgan fingerprint density at radius 2 is 2.04 bits per heavy atom. The van der Waals surface area contributed by atoms with Gasteiger partial charge in [-0.05, 0) is 37.6 Å². The normalized spacial score (nSPS) is 10.7. The molecule has 0 aliphatic rings. The molecule has 3 aromatic rings. The molecule has 0 fully saturated rings. The number of H-pyrrole nitrogens is 1. The number of amides is 1. The average Bonchev–Trinajstić information content (AvgIpc) is 3.23. The molecule has 0 atom stereocenters. The predicted octanol–water partition coefficient (Wildman–Crippen LogP) is 2.13. The SMILES string of the molecule is Cc1ccc(-c2ccc(C(=O)NCCCc3nn[nH]n3)cc2)o1. The monoisotopic (exact) mass is 311 g/mol. The summed E-state index contributed by atoms with van der Waals surface area (Å²) < 4.78 is 5.56. The van der Waals surface area contributed by atoms with Crippen LogP contribution in [0.2, 0.25) is 0 Å². The fourth-order valence-electron chi connectivity index (χ4n) is 2.21. The van der Waals surface area contributed by atoms with Gasteiger partial charge in [0.2, 0.25) is 0 Å². The van der Waals surface area contributed by atoms with Gasteiger partial charge in [-0.2, -0.15) is 5.21 Å². The van der Waals surface area contributed by atoms with E-state index in [-0.39, 0.29) is 5.91 Å². The van der Waals surface area contributed by atoms with E-state index in [2.05, 4.69) is 25.9 Å². The Morgan fingerprint density at radius 1 is 1.22 bits per heavy atom. The summed E-state index contributed by atoms with van der Waals surface area (Å²) in [6.07, 6.45) is 1.43. The number of aromatic amines is 1. The fourth-order valence-corrected chi connectivity index (χ4v) is 2.21. The zero-order valence-corrected chi connectivity index (χ0v) is 12.7. The number of benzene rings is 1. The first-order valence-corrected chi connectivity index (χ1v) is 7.40. The molecule has 2 aromatic heterocycles. The van der Waals surface area contributed by atoms with Crippen molar-refractivity contribution < 1.29 is 9.21 Å². The number of aromatic nitrogens is 4. The number of carbonyl (C=O) groups excluding carboxylic acids is 1. The summed E-state index contributed by atoms with van der Waals surface area (Å²) in [6, 6.07) is 11.2. The van der Waals surface area contributed by atoms with E-state index < -0.39 is 0 Å². The van der Waals surface area contributed by atoms with Crippen LogP contribution in [-0.2, 0) is 6.42 Å². The van der Waals surface area contributed by atoms with Crippen molar-refractivity contribution in [2.75, 3.05) is 6.54 Å². The zero-order chi connectivity index (χ0) is 16.1. The van der Waals surface area contributed by atoms with E-state index in [1.807, 2.05) is 31.2 Å². The maximum absolute atomic E-state index is 12.1. The van der Waals surface area contributed by atoms with Crippen molar-refractivity contribution in [1.29, 1.82) is 0 Å². The third-order valence-corrected chi connectivity index (χ3v) is 3.42. The number of nitrogens with zero attached hydrogens (tertiary/aromatic N) is 3. The number of hydrogen-bond donors (Lipinski definition) is 2. The van der Waals surface area contributed by atoms with Gasteiger partial charge in [0, 0.05) is 24.1 Å². The smallest absolute Gasteiger partial charge is 0.251 e. The van der Waals surface area contributed by atoms with Crippen LogP contribution >= 0.6 is 0 Å². The molecule has 0 saturated carbocycles. The Bertz CT molecular complexity index is 762. The number of hydrogen-bond acceptors (Lipinski definition) is 5. The molecule has 0 bridgehead atoms. The topological polar surface area (TPSA) is 96.7 Å². The summed E-state index contributed by atoms with van der Waals surface area (Å²) in [4.78, 5) is 12.1. The van der Waals surface area contributed by atoms with Crippen molar-refractivity contribution in [3.8, 4) is 11.3 Å². The highest BCUT2D eigenvalue weighted by molar-refractivity contribution is 5.94. The van der Waals surface area contributed by atoms with Crippen molar-refractivity contribution in [3.63, 3.8) is 0 Å². The molecule has 118 valence electrons. The van der Waals surface area contributed by atoms with Crippen molar-refractivity contribution >= 4 is 5.91 Å². The minimum atomic E-state index is -0.0970. The van der Waals surface area contributed by atoms with Crippen LogP contribution in [0.1, 0.15) is 28.4 Å². The van der Waals surface area contributed by atoms with Gasteiger partial charge >= 0.3 is 0 Å². The lowest BCUT2D eigenvalue weighted by Crippen LogP contribution is -2.24. The second-order valence-corrected chi connectivity index (χ2v) is 5.18. The summed E-state index contributed by atoms with van der Waals surface area (Å²) in [5.41, 5.74) is 1.57. The predicted molar refractivity (Wildman–Crippen MR) is 83.7 cm³/mol. The molecule has 1 amide bonds. The van der Waals surface area contributed by atoms with Crippen molar-refractivity contribution in [2.45, 2.75) is 19.8 Å². The third kappa shape index (κ3) is 3.82. The maximum atomic E-state index is 12.1. The van der Waals surface area contributed by atoms with Crippen LogP contribution < -0.4 is 5.32 Å². The summed E-state index contributed by atoms with van der Waals surface area (Å²) in [6.45, 7) is 2.46. The van der Waals surface area contributed by atoms with Gasteiger partial charge in [0.25, 0.3) is 5.91 Å². The number of aryl methyl sites for hydroxylation is 2. The lowest BCUT2D eigenvalue weighted by atomic mass is 10.1. The molecule has 0 aliphatic carbocycles. The van der Waals surface area contributed by atoms with Crippen molar-refractivity contribution in [2.24, 2.45) is 0 Å². The molecule has 0 saturated heterocycles. The number of furan rings is 1. The lowest BCUT2D eigenvalue weighted by molar-refractivity contribution is 0.0953. The molecular formula is C16H17N5O2. The van der Waals surface area contributed by atoms with Crippen LogP contribution in [0.3, 0.4) is 0 Å². The van der Waals surface area contributed by atoms with E-state index in [9.17, 15) is 4.79 Å². The van der Waals surface area contributed by atoms with E-state index in [1.54, 1.807) is 12.1 Å². The highest BCUT2D eigenvalue weighted by atomic mass is 16.3. The minimum Gasteiger partial charge on any atom is -0.461 e. The van der Waals surface area contributed by atoms with E-state index >= 15 is 0 Å². The molecule has 0 radical (unpaired) electrons. The molecule has 7 nitrogen and oxygen atoms in total. The molecule has 0 unspecified atom stereocenters. The van der Waals surface area contributed by atoms with Crippen LogP contribution in [-0.4, -0.2) is 33.1 Å². The van der Waals surface area contributed by atoms with Crippen LogP contribution in [0.4, 0.5) is 0 Å². The largest absolute Gasteiger partial charge is 0.461 e. The van der Waals surface area contributed by atoms with Gasteiger partial charge < -0.3 is 9.73 Å². The first-order valence-electron chi connectivity index (χ1n) is 7.40. The van der Waals surface area contributed by atoms with E-state index in [1.165, 1.54) is 0 Å². The van der Waals surface area contributed by atoms with E-state index in [0.717, 1.165) is 23.5 Å². The summed E-state index contributed by atoms with van der Waals surface area (Å²) in [5.74, 6) is 2.22. The number of nitrogens with one attached hydrogen (secondary N) is 2. The Morgan fingerprint density at radius 3 is 2.70 bits per heavy atom. The van der Waals surface area contributed by atoms with Crippen LogP contribution in [0.25, 0.3) is 11.3 Å². The van der Waals surface area contributed by atoms with Gasteiger partial charge in [-0.3, -0.25) is 4.79 Å². The molecule has 7 heteroatoms. The Kier molecular flexibility index (Phi) is 4.46. The fraction of sp³-hybridized carbons (Fsp3) is 0.250. The number of rotatable bonds is 6. The Balaban J connectivity index is 1.51. The number of carbonyl (C=O) groups is 1. The quantitative estimate of drug-likeness (QED) is 0.680. The minimum absolute atomic E-state index is 0.0970. The van der Waals surface area contributed by atoms with Gasteiger partial charge in [-0.15, -0.1) is 10.2 Å². The molecule has 2 N–H and O–H groups in total. The van der Waals surface area contributed by atoms with Gasteiger partial charge in [0.05, 0.1) is 0 Å². The third-order valence-electron chi connectivity index (χ3n) is 3.42. The highest BCUT2D eigenvalue weighted by Gasteiger charge is 2.07. The average molecular weight is 311 g/mol. The van der Waals surface area contributed by atoms with E-state index in [4.69, 9.17) is 4.42 Å². The molecular weight excluding hydrogens is 294 g/mol. The van der Waals surface area contributed by atoms with E-state index in [0.29, 0.717) is 24.4 Å². The first kappa shape index (κ1) is 15.0. The Hall–Kier alpha value is -2.96. The molecule has 1 aromatic carbocycles. The zero-order valence-electron chi connectivity index (χ0n) is 12.7. The lowest BCUT2D eigenvalue weighted by Gasteiger charge is -2.05. The Labute approximate surface area is 133 Å². The van der Waals surface area contributed by atoms with Gasteiger partial charge in [0.1, 0.15) is 11.5 Å². The van der Waals surface area contributed by atoms with Crippen LogP contribution in [0.5, 0.6) is 0 Å². The summed E-state index contributed by atoms with van der Waals surface area (Å²) in [5, 5.41) is 16.5. The molecule has 0 spiro atoms. The summed E-state index contributed by atoms with van der Waals surface area (Å²) in [7, 11) is 0. The highest BCUT2D eigenvalue weighted by Crippen LogP contribution is 2.22. The summed E-state index contributed by atoms with van der Waals surface area (Å²) >= 11 is 0. The first-order chi connectivity index (χ1) is 11.2. The van der Waals surface area contributed by atoms with Gasteiger partial charge in [0.15, 0.2) is 5.82 Å². The standard InChI is InChI=1S/C16H17N5O2/c1-11-4-9-14(23-11)12-5-7-13(8-6-12)16(22)17-10-2-3-15-18-20-21-19-15/h4-9H,2-3,10H2,1H3,(H,17,22)(H,18,19,20,21). The second kappa shape index (κ2) is 6.87. The molecule has 2 heterocycles. The molecule has 3 rings (SSSR count).